The molecule has 0 radical (unpaired) electrons. The van der Waals surface area contributed by atoms with Gasteiger partial charge in [-0.1, -0.05) is 13.0 Å². The molecular formula is C14H23N3O. The van der Waals surface area contributed by atoms with Gasteiger partial charge in [-0.15, -0.1) is 0 Å². The first-order valence-corrected chi connectivity index (χ1v) is 6.80. The zero-order valence-corrected chi connectivity index (χ0v) is 11.4. The Morgan fingerprint density at radius 2 is 2.17 bits per heavy atom. The van der Waals surface area contributed by atoms with Crippen molar-refractivity contribution in [3.05, 3.63) is 18.2 Å². The van der Waals surface area contributed by atoms with Crippen molar-refractivity contribution in [3.63, 3.8) is 0 Å². The smallest absolute Gasteiger partial charge is 0.214 e. The van der Waals surface area contributed by atoms with E-state index in [2.05, 4.69) is 28.2 Å². The van der Waals surface area contributed by atoms with Crippen LogP contribution in [0.5, 0.6) is 5.88 Å². The first-order chi connectivity index (χ1) is 8.83. The van der Waals surface area contributed by atoms with Gasteiger partial charge < -0.3 is 15.0 Å². The van der Waals surface area contributed by atoms with E-state index in [4.69, 9.17) is 4.74 Å². The van der Waals surface area contributed by atoms with E-state index in [0.717, 1.165) is 37.9 Å². The highest BCUT2D eigenvalue weighted by Gasteiger charge is 2.19. The molecule has 2 heterocycles. The lowest BCUT2D eigenvalue weighted by molar-refractivity contribution is 0.380. The monoisotopic (exact) mass is 249 g/mol. The van der Waals surface area contributed by atoms with Crippen LogP contribution >= 0.6 is 0 Å². The van der Waals surface area contributed by atoms with Gasteiger partial charge in [0.1, 0.15) is 5.82 Å². The van der Waals surface area contributed by atoms with E-state index in [1.807, 2.05) is 12.1 Å². The molecule has 0 aromatic carbocycles. The standard InChI is InChI=1S/C14H23N3O/c1-3-15-11-12-7-9-17(10-8-12)13-5-4-6-14(16-13)18-2/h4-6,12,15H,3,7-11H2,1-2H3. The number of aromatic nitrogens is 1. The van der Waals surface area contributed by atoms with Crippen molar-refractivity contribution in [1.29, 1.82) is 0 Å². The Bertz CT molecular complexity index is 362. The average Bonchev–Trinajstić information content (AvgIpc) is 2.46. The predicted octanol–water partition coefficient (Wildman–Crippen LogP) is 1.92. The second-order valence-corrected chi connectivity index (χ2v) is 4.78. The van der Waals surface area contributed by atoms with Crippen LogP contribution in [0.15, 0.2) is 18.2 Å². The van der Waals surface area contributed by atoms with Gasteiger partial charge in [0.15, 0.2) is 0 Å². The molecule has 100 valence electrons. The summed E-state index contributed by atoms with van der Waals surface area (Å²) in [6, 6.07) is 5.96. The topological polar surface area (TPSA) is 37.4 Å². The third-order valence-electron chi connectivity index (χ3n) is 3.54. The Labute approximate surface area is 109 Å². The number of piperidine rings is 1. The molecule has 18 heavy (non-hydrogen) atoms. The van der Waals surface area contributed by atoms with Crippen LogP contribution in [-0.4, -0.2) is 38.3 Å². The molecule has 0 spiro atoms. The van der Waals surface area contributed by atoms with Crippen LogP contribution in [0.2, 0.25) is 0 Å². The molecule has 0 aliphatic carbocycles. The number of nitrogens with zero attached hydrogens (tertiary/aromatic N) is 2. The summed E-state index contributed by atoms with van der Waals surface area (Å²) in [5.41, 5.74) is 0. The molecule has 4 heteroatoms. The van der Waals surface area contributed by atoms with Crippen molar-refractivity contribution in [3.8, 4) is 5.88 Å². The van der Waals surface area contributed by atoms with Gasteiger partial charge >= 0.3 is 0 Å². The van der Waals surface area contributed by atoms with Crippen molar-refractivity contribution >= 4 is 5.82 Å². The first-order valence-electron chi connectivity index (χ1n) is 6.80. The van der Waals surface area contributed by atoms with Crippen molar-refractivity contribution in [2.75, 3.05) is 38.2 Å². The Balaban J connectivity index is 1.88. The highest BCUT2D eigenvalue weighted by atomic mass is 16.5. The lowest BCUT2D eigenvalue weighted by Crippen LogP contribution is -2.37. The van der Waals surface area contributed by atoms with Crippen LogP contribution in [0, 0.1) is 5.92 Å². The summed E-state index contributed by atoms with van der Waals surface area (Å²) in [6.45, 7) is 6.56. The molecule has 1 fully saturated rings. The second kappa shape index (κ2) is 6.59. The molecular weight excluding hydrogens is 226 g/mol. The Hall–Kier alpha value is -1.29. The number of pyridine rings is 1. The molecule has 4 nitrogen and oxygen atoms in total. The van der Waals surface area contributed by atoms with E-state index in [-0.39, 0.29) is 0 Å². The molecule has 1 N–H and O–H groups in total. The second-order valence-electron chi connectivity index (χ2n) is 4.78. The number of nitrogens with one attached hydrogen (secondary N) is 1. The molecule has 1 saturated heterocycles. The molecule has 0 atom stereocenters. The quantitative estimate of drug-likeness (QED) is 0.865. The summed E-state index contributed by atoms with van der Waals surface area (Å²) < 4.78 is 5.17. The molecule has 1 aliphatic heterocycles. The van der Waals surface area contributed by atoms with Gasteiger partial charge in [0, 0.05) is 19.2 Å². The number of rotatable bonds is 5. The number of hydrogen-bond acceptors (Lipinski definition) is 4. The van der Waals surface area contributed by atoms with Crippen molar-refractivity contribution in [2.24, 2.45) is 5.92 Å². The lowest BCUT2D eigenvalue weighted by atomic mass is 9.97. The molecule has 1 aromatic heterocycles. The van der Waals surface area contributed by atoms with Gasteiger partial charge in [-0.3, -0.25) is 0 Å². The lowest BCUT2D eigenvalue weighted by Gasteiger charge is -2.33. The molecule has 1 aliphatic rings. The van der Waals surface area contributed by atoms with Crippen LogP contribution in [0.1, 0.15) is 19.8 Å². The van der Waals surface area contributed by atoms with Crippen molar-refractivity contribution < 1.29 is 4.74 Å². The number of ether oxygens (including phenoxy) is 1. The molecule has 1 aromatic rings. The summed E-state index contributed by atoms with van der Waals surface area (Å²) in [5, 5.41) is 3.44. The Morgan fingerprint density at radius 3 is 2.83 bits per heavy atom. The molecule has 0 bridgehead atoms. The normalized spacial score (nSPS) is 16.9. The average molecular weight is 249 g/mol. The van der Waals surface area contributed by atoms with Crippen LogP contribution < -0.4 is 15.0 Å². The van der Waals surface area contributed by atoms with Gasteiger partial charge in [0.25, 0.3) is 0 Å². The highest BCUT2D eigenvalue weighted by molar-refractivity contribution is 5.41. The molecule has 0 unspecified atom stereocenters. The number of anilines is 1. The third kappa shape index (κ3) is 3.35. The summed E-state index contributed by atoms with van der Waals surface area (Å²) >= 11 is 0. The van der Waals surface area contributed by atoms with Crippen molar-refractivity contribution in [1.82, 2.24) is 10.3 Å². The van der Waals surface area contributed by atoms with Gasteiger partial charge in [-0.05, 0) is 37.9 Å². The fraction of sp³-hybridized carbons (Fsp3) is 0.643. The minimum Gasteiger partial charge on any atom is -0.481 e. The zero-order chi connectivity index (χ0) is 12.8. The Morgan fingerprint density at radius 1 is 1.39 bits per heavy atom. The zero-order valence-electron chi connectivity index (χ0n) is 11.4. The van der Waals surface area contributed by atoms with E-state index in [1.165, 1.54) is 12.8 Å². The number of hydrogen-bond donors (Lipinski definition) is 1. The fourth-order valence-corrected chi connectivity index (χ4v) is 2.41. The van der Waals surface area contributed by atoms with Crippen LogP contribution in [0.25, 0.3) is 0 Å². The van der Waals surface area contributed by atoms with Gasteiger partial charge in [0.2, 0.25) is 5.88 Å². The minimum atomic E-state index is 0.697. The van der Waals surface area contributed by atoms with Crippen LogP contribution in [0.3, 0.4) is 0 Å². The van der Waals surface area contributed by atoms with E-state index < -0.39 is 0 Å². The molecule has 0 saturated carbocycles. The SMILES string of the molecule is CCNCC1CCN(c2cccc(OC)n2)CC1. The molecule has 0 amide bonds. The van der Waals surface area contributed by atoms with Crippen LogP contribution in [0.4, 0.5) is 5.82 Å². The maximum Gasteiger partial charge on any atom is 0.214 e. The highest BCUT2D eigenvalue weighted by Crippen LogP contribution is 2.22. The summed E-state index contributed by atoms with van der Waals surface area (Å²) in [4.78, 5) is 6.84. The maximum atomic E-state index is 5.17. The van der Waals surface area contributed by atoms with E-state index in [9.17, 15) is 0 Å². The Kier molecular flexibility index (Phi) is 4.81. The minimum absolute atomic E-state index is 0.697. The van der Waals surface area contributed by atoms with E-state index >= 15 is 0 Å². The van der Waals surface area contributed by atoms with Gasteiger partial charge in [0.05, 0.1) is 7.11 Å². The third-order valence-corrected chi connectivity index (χ3v) is 3.54. The van der Waals surface area contributed by atoms with E-state index in [1.54, 1.807) is 7.11 Å². The van der Waals surface area contributed by atoms with E-state index in [0.29, 0.717) is 5.88 Å². The van der Waals surface area contributed by atoms with Gasteiger partial charge in [-0.2, -0.15) is 4.98 Å². The van der Waals surface area contributed by atoms with Crippen molar-refractivity contribution in [2.45, 2.75) is 19.8 Å². The predicted molar refractivity (Wildman–Crippen MR) is 74.3 cm³/mol. The summed E-state index contributed by atoms with van der Waals surface area (Å²) in [7, 11) is 1.66. The largest absolute Gasteiger partial charge is 0.481 e. The summed E-state index contributed by atoms with van der Waals surface area (Å²) in [6.07, 6.45) is 2.48. The number of methoxy groups -OCH3 is 1. The van der Waals surface area contributed by atoms with Crippen LogP contribution in [-0.2, 0) is 0 Å². The fourth-order valence-electron chi connectivity index (χ4n) is 2.41. The molecule has 2 rings (SSSR count). The summed E-state index contributed by atoms with van der Waals surface area (Å²) in [5.74, 6) is 2.55. The maximum absolute atomic E-state index is 5.17. The first kappa shape index (κ1) is 13.1. The van der Waals surface area contributed by atoms with Gasteiger partial charge in [-0.25, -0.2) is 0 Å².